The lowest BCUT2D eigenvalue weighted by atomic mass is 9.67. The molecule has 2 fully saturated rings. The van der Waals surface area contributed by atoms with Gasteiger partial charge in [0.25, 0.3) is 5.91 Å². The van der Waals surface area contributed by atoms with E-state index in [0.29, 0.717) is 25.2 Å². The number of likely N-dealkylation sites (tertiary alicyclic amines) is 1. The van der Waals surface area contributed by atoms with Crippen molar-refractivity contribution in [1.82, 2.24) is 20.0 Å². The first kappa shape index (κ1) is 20.8. The predicted octanol–water partition coefficient (Wildman–Crippen LogP) is 2.26. The number of hydrogen-bond acceptors (Lipinski definition) is 4. The maximum absolute atomic E-state index is 13.6. The lowest BCUT2D eigenvalue weighted by Crippen LogP contribution is -2.52. The molecule has 0 aromatic carbocycles. The van der Waals surface area contributed by atoms with Gasteiger partial charge >= 0.3 is 0 Å². The van der Waals surface area contributed by atoms with Crippen LogP contribution in [0.2, 0.25) is 0 Å². The fraction of sp³-hybridized carbons (Fsp3) is 0.762. The van der Waals surface area contributed by atoms with E-state index in [1.54, 1.807) is 0 Å². The van der Waals surface area contributed by atoms with Crippen molar-refractivity contribution >= 4 is 11.8 Å². The Morgan fingerprint density at radius 3 is 2.68 bits per heavy atom. The molecule has 2 heterocycles. The van der Waals surface area contributed by atoms with E-state index in [9.17, 15) is 14.7 Å². The molecule has 0 unspecified atom stereocenters. The van der Waals surface area contributed by atoms with E-state index in [0.717, 1.165) is 31.4 Å². The molecule has 28 heavy (non-hydrogen) atoms. The summed E-state index contributed by atoms with van der Waals surface area (Å²) in [7, 11) is 0. The highest BCUT2D eigenvalue weighted by atomic mass is 16.3. The summed E-state index contributed by atoms with van der Waals surface area (Å²) < 4.78 is 1.83. The normalized spacial score (nSPS) is 32.7. The number of aromatic nitrogens is 2. The second-order valence-electron chi connectivity index (χ2n) is 8.95. The Bertz CT molecular complexity index is 757. The first-order chi connectivity index (χ1) is 13.1. The number of rotatable bonds is 4. The van der Waals surface area contributed by atoms with Gasteiger partial charge in [-0.15, -0.1) is 0 Å². The minimum Gasteiger partial charge on any atom is -0.390 e. The molecule has 1 aromatic rings. The zero-order valence-corrected chi connectivity index (χ0v) is 17.8. The standard InChI is InChI=1S/C21H34N4O3/c1-6-24-14(2)11-17(23-24)19(27)25-16(13-22-15(3)26)12-20(4)18(25)9-7-8-10-21(20,5)28/h11,16,18,28H,6-10,12-13H2,1-5H3,(H,22,26)/t16-,18-,20-,21+/m1/s1. The monoisotopic (exact) mass is 390 g/mol. The Balaban J connectivity index is 1.99. The maximum Gasteiger partial charge on any atom is 0.274 e. The van der Waals surface area contributed by atoms with Crippen LogP contribution in [0.4, 0.5) is 0 Å². The van der Waals surface area contributed by atoms with Crippen molar-refractivity contribution in [2.24, 2.45) is 5.41 Å². The molecule has 4 atom stereocenters. The van der Waals surface area contributed by atoms with Crippen molar-refractivity contribution in [2.45, 2.75) is 91.0 Å². The molecule has 7 heteroatoms. The van der Waals surface area contributed by atoms with Gasteiger partial charge in [0.15, 0.2) is 5.69 Å². The van der Waals surface area contributed by atoms with Crippen molar-refractivity contribution in [2.75, 3.05) is 6.54 Å². The third-order valence-corrected chi connectivity index (χ3v) is 7.07. The second-order valence-corrected chi connectivity index (χ2v) is 8.95. The number of nitrogens with zero attached hydrogens (tertiary/aromatic N) is 3. The minimum absolute atomic E-state index is 0.0664. The van der Waals surface area contributed by atoms with Crippen molar-refractivity contribution in [3.8, 4) is 0 Å². The van der Waals surface area contributed by atoms with Crippen LogP contribution in [0.25, 0.3) is 0 Å². The molecule has 2 amide bonds. The highest BCUT2D eigenvalue weighted by Gasteiger charge is 2.59. The van der Waals surface area contributed by atoms with E-state index in [-0.39, 0.29) is 23.9 Å². The van der Waals surface area contributed by atoms with Crippen LogP contribution in [0, 0.1) is 12.3 Å². The van der Waals surface area contributed by atoms with Crippen LogP contribution < -0.4 is 5.32 Å². The average Bonchev–Trinajstić information content (AvgIpc) is 3.11. The van der Waals surface area contributed by atoms with Crippen molar-refractivity contribution in [3.05, 3.63) is 17.5 Å². The molecule has 2 N–H and O–H groups in total. The summed E-state index contributed by atoms with van der Waals surface area (Å²) in [4.78, 5) is 27.0. The molecule has 1 saturated heterocycles. The van der Waals surface area contributed by atoms with Crippen LogP contribution in [0.15, 0.2) is 6.07 Å². The van der Waals surface area contributed by atoms with Gasteiger partial charge in [0.1, 0.15) is 0 Å². The van der Waals surface area contributed by atoms with E-state index < -0.39 is 11.0 Å². The number of aryl methyl sites for hydroxylation is 2. The highest BCUT2D eigenvalue weighted by Crippen LogP contribution is 2.53. The fourth-order valence-corrected chi connectivity index (χ4v) is 5.22. The summed E-state index contributed by atoms with van der Waals surface area (Å²) in [6.07, 6.45) is 4.21. The van der Waals surface area contributed by atoms with Crippen molar-refractivity contribution in [3.63, 3.8) is 0 Å². The quantitative estimate of drug-likeness (QED) is 0.826. The lowest BCUT2D eigenvalue weighted by molar-refractivity contribution is -0.119. The van der Waals surface area contributed by atoms with Gasteiger partial charge in [0, 0.05) is 37.2 Å². The van der Waals surface area contributed by atoms with Gasteiger partial charge < -0.3 is 15.3 Å². The number of hydrogen-bond donors (Lipinski definition) is 2. The van der Waals surface area contributed by atoms with Gasteiger partial charge in [0.2, 0.25) is 5.91 Å². The van der Waals surface area contributed by atoms with Crippen molar-refractivity contribution < 1.29 is 14.7 Å². The number of nitrogens with one attached hydrogen (secondary N) is 1. The average molecular weight is 391 g/mol. The molecule has 0 radical (unpaired) electrons. The van der Waals surface area contributed by atoms with Gasteiger partial charge in [-0.3, -0.25) is 14.3 Å². The largest absolute Gasteiger partial charge is 0.390 e. The first-order valence-corrected chi connectivity index (χ1v) is 10.4. The number of carbonyl (C=O) groups excluding carboxylic acids is 2. The van der Waals surface area contributed by atoms with E-state index in [1.807, 2.05) is 36.4 Å². The number of amides is 2. The van der Waals surface area contributed by atoms with Gasteiger partial charge in [-0.1, -0.05) is 19.8 Å². The summed E-state index contributed by atoms with van der Waals surface area (Å²) in [5.41, 5.74) is 0.139. The second kappa shape index (κ2) is 7.50. The van der Waals surface area contributed by atoms with Crippen LogP contribution in [0.1, 0.15) is 76.0 Å². The van der Waals surface area contributed by atoms with E-state index >= 15 is 0 Å². The molecule has 2 aliphatic rings. The Labute approximate surface area is 167 Å². The molecule has 156 valence electrons. The Morgan fingerprint density at radius 2 is 2.07 bits per heavy atom. The molecule has 1 aliphatic carbocycles. The highest BCUT2D eigenvalue weighted by molar-refractivity contribution is 5.93. The smallest absolute Gasteiger partial charge is 0.274 e. The van der Waals surface area contributed by atoms with Crippen LogP contribution in [0.5, 0.6) is 0 Å². The summed E-state index contributed by atoms with van der Waals surface area (Å²) in [6.45, 7) is 10.6. The lowest BCUT2D eigenvalue weighted by Gasteiger charge is -2.43. The number of aliphatic hydroxyl groups is 1. The Hall–Kier alpha value is -1.89. The molecule has 1 saturated carbocycles. The Kier molecular flexibility index (Phi) is 5.58. The van der Waals surface area contributed by atoms with E-state index in [2.05, 4.69) is 17.3 Å². The predicted molar refractivity (Wildman–Crippen MR) is 107 cm³/mol. The van der Waals surface area contributed by atoms with Crippen LogP contribution in [-0.4, -0.2) is 55.8 Å². The first-order valence-electron chi connectivity index (χ1n) is 10.4. The SMILES string of the molecule is CCn1nc(C(=O)N2[C@@H](CNC(C)=O)C[C@]3(C)[C@H]2CCCC[C@]3(C)O)cc1C. The van der Waals surface area contributed by atoms with Gasteiger partial charge in [-0.25, -0.2) is 0 Å². The summed E-state index contributed by atoms with van der Waals surface area (Å²) in [5.74, 6) is -0.209. The van der Waals surface area contributed by atoms with Crippen molar-refractivity contribution in [1.29, 1.82) is 0 Å². The van der Waals surface area contributed by atoms with Crippen LogP contribution in [0.3, 0.4) is 0 Å². The molecule has 3 rings (SSSR count). The summed E-state index contributed by atoms with van der Waals surface area (Å²) in [6, 6.07) is 1.62. The van der Waals surface area contributed by atoms with E-state index in [4.69, 9.17) is 0 Å². The topological polar surface area (TPSA) is 87.5 Å². The molecule has 0 bridgehead atoms. The maximum atomic E-state index is 13.6. The molecular weight excluding hydrogens is 356 g/mol. The summed E-state index contributed by atoms with van der Waals surface area (Å²) in [5, 5.41) is 18.7. The summed E-state index contributed by atoms with van der Waals surface area (Å²) >= 11 is 0. The van der Waals surface area contributed by atoms with E-state index in [1.165, 1.54) is 6.92 Å². The molecule has 1 aliphatic heterocycles. The van der Waals surface area contributed by atoms with Crippen LogP contribution in [-0.2, 0) is 11.3 Å². The van der Waals surface area contributed by atoms with Gasteiger partial charge in [-0.05, 0) is 46.1 Å². The molecular formula is C21H34N4O3. The van der Waals surface area contributed by atoms with Gasteiger partial charge in [-0.2, -0.15) is 5.10 Å². The molecule has 0 spiro atoms. The molecule has 7 nitrogen and oxygen atoms in total. The third-order valence-electron chi connectivity index (χ3n) is 7.07. The zero-order valence-electron chi connectivity index (χ0n) is 17.8. The number of carbonyl (C=O) groups is 2. The molecule has 1 aromatic heterocycles. The zero-order chi connectivity index (χ0) is 20.7. The number of fused-ring (bicyclic) bond motifs is 1. The third kappa shape index (κ3) is 3.45. The van der Waals surface area contributed by atoms with Crippen LogP contribution >= 0.6 is 0 Å². The fourth-order valence-electron chi connectivity index (χ4n) is 5.22. The minimum atomic E-state index is -0.851. The Morgan fingerprint density at radius 1 is 1.36 bits per heavy atom. The van der Waals surface area contributed by atoms with Gasteiger partial charge in [0.05, 0.1) is 11.6 Å².